The van der Waals surface area contributed by atoms with Crippen molar-refractivity contribution in [3.8, 4) is 0 Å². The zero-order valence-electron chi connectivity index (χ0n) is 5.16. The summed E-state index contributed by atoms with van der Waals surface area (Å²) in [5.41, 5.74) is 0. The van der Waals surface area contributed by atoms with Crippen molar-refractivity contribution in [1.82, 2.24) is 0 Å². The lowest BCUT2D eigenvalue weighted by Gasteiger charge is -2.07. The Labute approximate surface area is 53.4 Å². The van der Waals surface area contributed by atoms with E-state index in [1.807, 2.05) is 0 Å². The Morgan fingerprint density at radius 1 is 1.67 bits per heavy atom. The summed E-state index contributed by atoms with van der Waals surface area (Å²) < 4.78 is 4.77. The van der Waals surface area contributed by atoms with Gasteiger partial charge in [-0.3, -0.25) is 9.78 Å². The Morgan fingerprint density at radius 3 is 3.11 bits per heavy atom. The molecule has 3 nitrogen and oxygen atoms in total. The molecule has 0 atom stereocenters. The van der Waals surface area contributed by atoms with Crippen LogP contribution in [0.2, 0.25) is 0 Å². The van der Waals surface area contributed by atoms with Crippen molar-refractivity contribution < 1.29 is 14.5 Å². The quantitative estimate of drug-likeness (QED) is 0.519. The van der Waals surface area contributed by atoms with Crippen molar-refractivity contribution in [3.63, 3.8) is 0 Å². The summed E-state index contributed by atoms with van der Waals surface area (Å²) in [5.74, 6) is 0.681. The topological polar surface area (TPSA) is 27.7 Å². The van der Waals surface area contributed by atoms with Gasteiger partial charge in [-0.2, -0.15) is 0 Å². The molecule has 0 radical (unpaired) electrons. The van der Waals surface area contributed by atoms with Gasteiger partial charge in [-0.25, -0.2) is 0 Å². The SMILES string of the molecule is COCC1=CC=COO1. The molecule has 0 aromatic rings. The molecule has 9 heavy (non-hydrogen) atoms. The van der Waals surface area contributed by atoms with Gasteiger partial charge in [0, 0.05) is 7.11 Å². The van der Waals surface area contributed by atoms with Gasteiger partial charge in [-0.15, -0.1) is 0 Å². The van der Waals surface area contributed by atoms with E-state index in [1.54, 1.807) is 19.3 Å². The first-order chi connectivity index (χ1) is 4.43. The van der Waals surface area contributed by atoms with Crippen LogP contribution in [0, 0.1) is 0 Å². The second-order valence-electron chi connectivity index (χ2n) is 1.57. The van der Waals surface area contributed by atoms with Crippen molar-refractivity contribution in [2.24, 2.45) is 0 Å². The van der Waals surface area contributed by atoms with Crippen LogP contribution < -0.4 is 0 Å². The van der Waals surface area contributed by atoms with Crippen LogP contribution in [0.25, 0.3) is 0 Å². The average molecular weight is 128 g/mol. The van der Waals surface area contributed by atoms with Gasteiger partial charge in [0.2, 0.25) is 0 Å². The molecule has 3 heteroatoms. The van der Waals surface area contributed by atoms with Crippen molar-refractivity contribution in [2.75, 3.05) is 13.7 Å². The van der Waals surface area contributed by atoms with Gasteiger partial charge in [0.05, 0.1) is 0 Å². The van der Waals surface area contributed by atoms with Crippen LogP contribution in [0.5, 0.6) is 0 Å². The molecule has 0 aromatic heterocycles. The lowest BCUT2D eigenvalue weighted by molar-refractivity contribution is -0.220. The fourth-order valence-corrected chi connectivity index (χ4v) is 0.510. The van der Waals surface area contributed by atoms with Crippen molar-refractivity contribution in [3.05, 3.63) is 24.2 Å². The van der Waals surface area contributed by atoms with Gasteiger partial charge in [0.1, 0.15) is 12.9 Å². The standard InChI is InChI=1S/C6H8O3/c1-7-5-6-3-2-4-8-9-6/h2-4H,5H2,1H3. The zero-order valence-corrected chi connectivity index (χ0v) is 5.16. The second kappa shape index (κ2) is 3.14. The van der Waals surface area contributed by atoms with Crippen LogP contribution in [0.1, 0.15) is 0 Å². The zero-order chi connectivity index (χ0) is 6.53. The maximum Gasteiger partial charge on any atom is 0.181 e. The summed E-state index contributed by atoms with van der Waals surface area (Å²) in [6, 6.07) is 0. The van der Waals surface area contributed by atoms with Crippen molar-refractivity contribution in [1.29, 1.82) is 0 Å². The molecule has 0 saturated heterocycles. The number of hydrogen-bond acceptors (Lipinski definition) is 3. The van der Waals surface area contributed by atoms with Crippen LogP contribution >= 0.6 is 0 Å². The molecule has 0 aromatic carbocycles. The average Bonchev–Trinajstić information content (AvgIpc) is 1.91. The highest BCUT2D eigenvalue weighted by atomic mass is 17.2. The molecule has 0 spiro atoms. The summed E-state index contributed by atoms with van der Waals surface area (Å²) in [4.78, 5) is 9.17. The highest BCUT2D eigenvalue weighted by molar-refractivity contribution is 5.07. The van der Waals surface area contributed by atoms with Crippen molar-refractivity contribution in [2.45, 2.75) is 0 Å². The van der Waals surface area contributed by atoms with Crippen LogP contribution in [-0.4, -0.2) is 13.7 Å². The van der Waals surface area contributed by atoms with E-state index in [2.05, 4.69) is 9.78 Å². The molecule has 0 fully saturated rings. The van der Waals surface area contributed by atoms with Gasteiger partial charge >= 0.3 is 0 Å². The molecule has 0 aliphatic carbocycles. The smallest absolute Gasteiger partial charge is 0.181 e. The lowest BCUT2D eigenvalue weighted by Crippen LogP contribution is -2.00. The third-order valence-electron chi connectivity index (χ3n) is 0.858. The number of allylic oxidation sites excluding steroid dienone is 2. The fraction of sp³-hybridized carbons (Fsp3) is 0.333. The van der Waals surface area contributed by atoms with E-state index >= 15 is 0 Å². The van der Waals surface area contributed by atoms with E-state index in [9.17, 15) is 0 Å². The van der Waals surface area contributed by atoms with Gasteiger partial charge in [-0.05, 0) is 12.2 Å². The maximum atomic E-state index is 4.77. The molecule has 1 rings (SSSR count). The molecule has 1 heterocycles. The first kappa shape index (κ1) is 6.16. The highest BCUT2D eigenvalue weighted by Gasteiger charge is 1.99. The van der Waals surface area contributed by atoms with Crippen LogP contribution in [-0.2, 0) is 14.5 Å². The summed E-state index contributed by atoms with van der Waals surface area (Å²) >= 11 is 0. The summed E-state index contributed by atoms with van der Waals surface area (Å²) in [6.07, 6.45) is 4.99. The number of ether oxygens (including phenoxy) is 1. The Kier molecular flexibility index (Phi) is 2.15. The largest absolute Gasteiger partial charge is 0.377 e. The Morgan fingerprint density at radius 2 is 2.56 bits per heavy atom. The minimum atomic E-state index is 0.449. The third kappa shape index (κ3) is 1.77. The van der Waals surface area contributed by atoms with Gasteiger partial charge < -0.3 is 4.74 Å². The van der Waals surface area contributed by atoms with E-state index in [-0.39, 0.29) is 0 Å². The second-order valence-corrected chi connectivity index (χ2v) is 1.57. The molecule has 0 amide bonds. The first-order valence-electron chi connectivity index (χ1n) is 2.61. The fourth-order valence-electron chi connectivity index (χ4n) is 0.510. The lowest BCUT2D eigenvalue weighted by atomic mass is 10.4. The van der Waals surface area contributed by atoms with Gasteiger partial charge in [0.15, 0.2) is 5.76 Å². The molecule has 0 bridgehead atoms. The van der Waals surface area contributed by atoms with E-state index < -0.39 is 0 Å². The number of hydrogen-bond donors (Lipinski definition) is 0. The van der Waals surface area contributed by atoms with Gasteiger partial charge in [-0.1, -0.05) is 0 Å². The van der Waals surface area contributed by atoms with Crippen molar-refractivity contribution >= 4 is 0 Å². The molecule has 1 aliphatic heterocycles. The predicted molar refractivity (Wildman–Crippen MR) is 31.3 cm³/mol. The molecule has 50 valence electrons. The van der Waals surface area contributed by atoms with E-state index in [0.717, 1.165) is 0 Å². The first-order valence-corrected chi connectivity index (χ1v) is 2.61. The van der Waals surface area contributed by atoms with E-state index in [1.165, 1.54) is 6.26 Å². The molecule has 0 unspecified atom stereocenters. The Balaban J connectivity index is 2.38. The monoisotopic (exact) mass is 128 g/mol. The van der Waals surface area contributed by atoms with Gasteiger partial charge in [0.25, 0.3) is 0 Å². The minimum absolute atomic E-state index is 0.449. The molecular formula is C6H8O3. The Hall–Kier alpha value is -0.960. The summed E-state index contributed by atoms with van der Waals surface area (Å²) in [5, 5.41) is 0. The van der Waals surface area contributed by atoms with Crippen LogP contribution in [0.15, 0.2) is 24.2 Å². The Bertz CT molecular complexity index is 137. The van der Waals surface area contributed by atoms with E-state index in [0.29, 0.717) is 12.4 Å². The third-order valence-corrected chi connectivity index (χ3v) is 0.858. The maximum absolute atomic E-state index is 4.77. The highest BCUT2D eigenvalue weighted by Crippen LogP contribution is 2.04. The molecule has 0 N–H and O–H groups in total. The predicted octanol–water partition coefficient (Wildman–Crippen LogP) is 0.992. The minimum Gasteiger partial charge on any atom is -0.377 e. The van der Waals surface area contributed by atoms with Crippen LogP contribution in [0.4, 0.5) is 0 Å². The molecule has 0 saturated carbocycles. The van der Waals surface area contributed by atoms with Crippen LogP contribution in [0.3, 0.4) is 0 Å². The summed E-state index contributed by atoms with van der Waals surface area (Å²) in [7, 11) is 1.60. The number of methoxy groups -OCH3 is 1. The normalized spacial score (nSPS) is 15.9. The molecule has 1 aliphatic rings. The van der Waals surface area contributed by atoms with E-state index in [4.69, 9.17) is 4.74 Å². The summed E-state index contributed by atoms with van der Waals surface area (Å²) in [6.45, 7) is 0.449. The molecular weight excluding hydrogens is 120 g/mol. The number of rotatable bonds is 2.